The zero-order valence-electron chi connectivity index (χ0n) is 20.4. The smallest absolute Gasteiger partial charge is 0.297 e. The van der Waals surface area contributed by atoms with Crippen molar-refractivity contribution in [2.75, 3.05) is 6.61 Å². The van der Waals surface area contributed by atoms with Crippen molar-refractivity contribution in [3.8, 4) is 11.5 Å². The highest BCUT2D eigenvalue weighted by Crippen LogP contribution is 2.43. The quantitative estimate of drug-likeness (QED) is 0.190. The summed E-state index contributed by atoms with van der Waals surface area (Å²) < 4.78 is 31.7. The van der Waals surface area contributed by atoms with Crippen molar-refractivity contribution in [1.29, 1.82) is 0 Å². The second kappa shape index (κ2) is 9.71. The van der Waals surface area contributed by atoms with E-state index in [1.54, 1.807) is 19.1 Å². The number of phenols is 2. The van der Waals surface area contributed by atoms with Crippen molar-refractivity contribution in [1.82, 2.24) is 9.78 Å². The Labute approximate surface area is 205 Å². The summed E-state index contributed by atoms with van der Waals surface area (Å²) in [6.07, 6.45) is 3.85. The molecule has 0 amide bonds. The van der Waals surface area contributed by atoms with Gasteiger partial charge in [-0.1, -0.05) is 41.5 Å². The summed E-state index contributed by atoms with van der Waals surface area (Å²) in [6.45, 7) is 7.63. The Balaban J connectivity index is 1.65. The van der Waals surface area contributed by atoms with E-state index in [4.69, 9.17) is 4.18 Å². The van der Waals surface area contributed by atoms with Crippen LogP contribution in [0.5, 0.6) is 11.5 Å². The van der Waals surface area contributed by atoms with Gasteiger partial charge in [0, 0.05) is 10.8 Å². The lowest BCUT2D eigenvalue weighted by Crippen LogP contribution is -2.13. The molecule has 0 bridgehead atoms. The number of aryl methyl sites for hydroxylation is 3. The van der Waals surface area contributed by atoms with Gasteiger partial charge in [-0.05, 0) is 64.3 Å². The van der Waals surface area contributed by atoms with Crippen LogP contribution >= 0.6 is 0 Å². The van der Waals surface area contributed by atoms with Crippen molar-refractivity contribution in [2.24, 2.45) is 0 Å². The average molecular weight is 495 g/mol. The van der Waals surface area contributed by atoms with Gasteiger partial charge in [0.1, 0.15) is 17.0 Å². The summed E-state index contributed by atoms with van der Waals surface area (Å²) in [5.74, 6) is 0.0412. The molecule has 0 atom stereocenters. The maximum Gasteiger partial charge on any atom is 0.297 e. The summed E-state index contributed by atoms with van der Waals surface area (Å²) in [7, 11) is -3.93. The molecule has 0 aliphatic rings. The van der Waals surface area contributed by atoms with Gasteiger partial charge in [0.2, 0.25) is 0 Å². The summed E-state index contributed by atoms with van der Waals surface area (Å²) in [5.41, 5.74) is 4.12. The minimum Gasteiger partial charge on any atom is -0.507 e. The SMILES string of the molecule is CC(C)=CCCc1ccc2c(O)c3c(C)nn(CCOS(=O)(=O)c4ccc(C)cc4)c3c(O)c2c1. The normalized spacial score (nSPS) is 11.9. The lowest BCUT2D eigenvalue weighted by molar-refractivity contribution is 0.296. The molecule has 0 saturated carbocycles. The molecule has 184 valence electrons. The molecule has 0 aliphatic heterocycles. The number of rotatable bonds is 8. The lowest BCUT2D eigenvalue weighted by atomic mass is 9.99. The third-order valence-corrected chi connectivity index (χ3v) is 7.35. The van der Waals surface area contributed by atoms with Gasteiger partial charge in [-0.15, -0.1) is 0 Å². The topological polar surface area (TPSA) is 102 Å². The maximum absolute atomic E-state index is 12.5. The Kier molecular flexibility index (Phi) is 6.87. The van der Waals surface area contributed by atoms with Crippen LogP contribution in [0.25, 0.3) is 21.7 Å². The van der Waals surface area contributed by atoms with Crippen LogP contribution in [0, 0.1) is 13.8 Å². The fourth-order valence-corrected chi connectivity index (χ4v) is 5.11. The van der Waals surface area contributed by atoms with Crippen molar-refractivity contribution < 1.29 is 22.8 Å². The first kappa shape index (κ1) is 24.8. The molecule has 0 radical (unpaired) electrons. The molecule has 0 unspecified atom stereocenters. The van der Waals surface area contributed by atoms with E-state index in [0.29, 0.717) is 27.4 Å². The van der Waals surface area contributed by atoms with E-state index in [9.17, 15) is 18.6 Å². The van der Waals surface area contributed by atoms with Crippen LogP contribution in [0.3, 0.4) is 0 Å². The fourth-order valence-electron chi connectivity index (χ4n) is 4.21. The molecule has 2 N–H and O–H groups in total. The predicted octanol–water partition coefficient (Wildman–Crippen LogP) is 5.52. The molecular weight excluding hydrogens is 464 g/mol. The minimum atomic E-state index is -3.93. The molecule has 3 aromatic carbocycles. The van der Waals surface area contributed by atoms with E-state index in [-0.39, 0.29) is 29.5 Å². The van der Waals surface area contributed by atoms with Gasteiger partial charge >= 0.3 is 0 Å². The van der Waals surface area contributed by atoms with Crippen molar-refractivity contribution in [3.63, 3.8) is 0 Å². The first-order valence-corrected chi connectivity index (χ1v) is 12.9. The van der Waals surface area contributed by atoms with E-state index >= 15 is 0 Å². The number of phenolic OH excluding ortho intramolecular Hbond substituents is 2. The molecule has 0 spiro atoms. The van der Waals surface area contributed by atoms with Gasteiger partial charge in [0.05, 0.1) is 29.1 Å². The molecule has 4 rings (SSSR count). The number of fused-ring (bicyclic) bond motifs is 2. The fraction of sp³-hybridized carbons (Fsp3) is 0.296. The number of aromatic nitrogens is 2. The van der Waals surface area contributed by atoms with Gasteiger partial charge in [0.15, 0.2) is 0 Å². The number of aromatic hydroxyl groups is 2. The molecule has 35 heavy (non-hydrogen) atoms. The third kappa shape index (κ3) is 5.04. The zero-order valence-corrected chi connectivity index (χ0v) is 21.2. The van der Waals surface area contributed by atoms with Gasteiger partial charge in [-0.25, -0.2) is 0 Å². The summed E-state index contributed by atoms with van der Waals surface area (Å²) >= 11 is 0. The molecule has 1 aromatic heterocycles. The van der Waals surface area contributed by atoms with Crippen LogP contribution in [0.4, 0.5) is 0 Å². The minimum absolute atomic E-state index is 0.00106. The van der Waals surface area contributed by atoms with Gasteiger partial charge in [-0.3, -0.25) is 8.86 Å². The molecule has 0 saturated heterocycles. The second-order valence-electron chi connectivity index (χ2n) is 9.02. The molecule has 7 nitrogen and oxygen atoms in total. The Morgan fingerprint density at radius 1 is 1.03 bits per heavy atom. The standard InChI is InChI=1S/C27H30N2O5S/c1-17(2)6-5-7-20-10-13-22-23(16-20)27(31)25-24(26(22)30)19(4)28-29(25)14-15-34-35(32,33)21-11-8-18(3)9-12-21/h6,8-13,16,30-31H,5,7,14-15H2,1-4H3. The number of benzene rings is 3. The average Bonchev–Trinajstić information content (AvgIpc) is 3.13. The third-order valence-electron chi connectivity index (χ3n) is 6.02. The van der Waals surface area contributed by atoms with Gasteiger partial charge < -0.3 is 10.2 Å². The Hall–Kier alpha value is -3.36. The largest absolute Gasteiger partial charge is 0.507 e. The summed E-state index contributed by atoms with van der Waals surface area (Å²) in [6, 6.07) is 12.1. The lowest BCUT2D eigenvalue weighted by Gasteiger charge is -2.11. The maximum atomic E-state index is 12.5. The highest BCUT2D eigenvalue weighted by molar-refractivity contribution is 7.86. The highest BCUT2D eigenvalue weighted by atomic mass is 32.2. The first-order chi connectivity index (χ1) is 16.6. The van der Waals surface area contributed by atoms with Crippen LogP contribution in [0.15, 0.2) is 59.0 Å². The number of allylic oxidation sites excluding steroid dienone is 2. The van der Waals surface area contributed by atoms with Gasteiger partial charge in [0.25, 0.3) is 10.1 Å². The van der Waals surface area contributed by atoms with E-state index in [0.717, 1.165) is 24.0 Å². The summed E-state index contributed by atoms with van der Waals surface area (Å²) in [4.78, 5) is 0.0803. The van der Waals surface area contributed by atoms with E-state index in [1.165, 1.54) is 22.4 Å². The van der Waals surface area contributed by atoms with Crippen LogP contribution in [0.1, 0.15) is 37.1 Å². The molecule has 8 heteroatoms. The van der Waals surface area contributed by atoms with E-state index < -0.39 is 10.1 Å². The monoisotopic (exact) mass is 494 g/mol. The highest BCUT2D eigenvalue weighted by Gasteiger charge is 2.21. The van der Waals surface area contributed by atoms with E-state index in [2.05, 4.69) is 25.0 Å². The number of hydrogen-bond donors (Lipinski definition) is 2. The predicted molar refractivity (Wildman–Crippen MR) is 137 cm³/mol. The van der Waals surface area contributed by atoms with Crippen LogP contribution in [0.2, 0.25) is 0 Å². The van der Waals surface area contributed by atoms with Gasteiger partial charge in [-0.2, -0.15) is 13.5 Å². The van der Waals surface area contributed by atoms with Crippen LogP contribution < -0.4 is 0 Å². The van der Waals surface area contributed by atoms with Crippen LogP contribution in [-0.4, -0.2) is 35.0 Å². The second-order valence-corrected chi connectivity index (χ2v) is 10.6. The molecule has 4 aromatic rings. The summed E-state index contributed by atoms with van der Waals surface area (Å²) in [5, 5.41) is 28.1. The van der Waals surface area contributed by atoms with Crippen molar-refractivity contribution in [3.05, 3.63) is 70.9 Å². The molecule has 0 aliphatic carbocycles. The number of hydrogen-bond acceptors (Lipinski definition) is 6. The Bertz CT molecular complexity index is 1530. The Morgan fingerprint density at radius 3 is 2.43 bits per heavy atom. The molecule has 1 heterocycles. The van der Waals surface area contributed by atoms with Crippen LogP contribution in [-0.2, 0) is 27.3 Å². The Morgan fingerprint density at radius 2 is 1.74 bits per heavy atom. The van der Waals surface area contributed by atoms with E-state index in [1.807, 2.05) is 25.1 Å². The molecular formula is C27H30N2O5S. The first-order valence-electron chi connectivity index (χ1n) is 11.5. The molecule has 0 fully saturated rings. The zero-order chi connectivity index (χ0) is 25.3. The number of nitrogens with zero attached hydrogens (tertiary/aromatic N) is 2. The van der Waals surface area contributed by atoms with Crippen molar-refractivity contribution in [2.45, 2.75) is 52.0 Å². The van der Waals surface area contributed by atoms with Crippen molar-refractivity contribution >= 4 is 31.8 Å².